The summed E-state index contributed by atoms with van der Waals surface area (Å²) in [5.41, 5.74) is 1.57. The highest BCUT2D eigenvalue weighted by molar-refractivity contribution is 5.95. The maximum absolute atomic E-state index is 13.0. The van der Waals surface area contributed by atoms with E-state index in [0.29, 0.717) is 24.3 Å². The highest BCUT2D eigenvalue weighted by atomic mass is 19.4. The van der Waals surface area contributed by atoms with E-state index in [1.165, 1.54) is 16.9 Å². The van der Waals surface area contributed by atoms with Gasteiger partial charge in [0.2, 0.25) is 0 Å². The van der Waals surface area contributed by atoms with Crippen LogP contribution in [0.15, 0.2) is 60.8 Å². The van der Waals surface area contributed by atoms with Crippen LogP contribution >= 0.6 is 0 Å². The first kappa shape index (κ1) is 20.0. The number of amides is 1. The van der Waals surface area contributed by atoms with Gasteiger partial charge in [0.15, 0.2) is 0 Å². The highest BCUT2D eigenvalue weighted by Gasteiger charge is 2.31. The zero-order valence-corrected chi connectivity index (χ0v) is 16.4. The molecule has 156 valence electrons. The summed E-state index contributed by atoms with van der Waals surface area (Å²) in [5.74, 6) is -0.154. The molecule has 0 atom stereocenters. The summed E-state index contributed by atoms with van der Waals surface area (Å²) >= 11 is 0. The Morgan fingerprint density at radius 3 is 2.27 bits per heavy atom. The Hall–Kier alpha value is -3.29. The molecule has 8 heteroatoms. The number of aromatic nitrogens is 2. The minimum Gasteiger partial charge on any atom is -0.368 e. The van der Waals surface area contributed by atoms with Gasteiger partial charge in [0, 0.05) is 31.9 Å². The normalized spacial score (nSPS) is 14.8. The fourth-order valence-corrected chi connectivity index (χ4v) is 3.67. The molecule has 0 spiro atoms. The molecule has 2 aromatic carbocycles. The zero-order valence-electron chi connectivity index (χ0n) is 16.4. The van der Waals surface area contributed by atoms with Crippen LogP contribution in [-0.4, -0.2) is 46.8 Å². The molecule has 4 rings (SSSR count). The van der Waals surface area contributed by atoms with Crippen LogP contribution in [0.25, 0.3) is 5.69 Å². The number of piperazine rings is 1. The van der Waals surface area contributed by atoms with Crippen molar-refractivity contribution in [2.45, 2.75) is 13.1 Å². The van der Waals surface area contributed by atoms with Crippen LogP contribution in [0, 0.1) is 6.92 Å². The van der Waals surface area contributed by atoms with E-state index in [2.05, 4.69) is 10.00 Å². The summed E-state index contributed by atoms with van der Waals surface area (Å²) in [6.07, 6.45) is -3.00. The summed E-state index contributed by atoms with van der Waals surface area (Å²) in [7, 11) is 0. The van der Waals surface area contributed by atoms with Crippen molar-refractivity contribution in [1.82, 2.24) is 14.7 Å². The zero-order chi connectivity index (χ0) is 21.3. The number of hydrogen-bond acceptors (Lipinski definition) is 3. The molecule has 2 heterocycles. The summed E-state index contributed by atoms with van der Waals surface area (Å²) < 4.78 is 40.4. The predicted molar refractivity (Wildman–Crippen MR) is 108 cm³/mol. The van der Waals surface area contributed by atoms with Gasteiger partial charge in [0.05, 0.1) is 28.7 Å². The second-order valence-corrected chi connectivity index (χ2v) is 7.22. The van der Waals surface area contributed by atoms with Gasteiger partial charge < -0.3 is 9.80 Å². The number of hydrogen-bond donors (Lipinski definition) is 0. The number of alkyl halides is 3. The third-order valence-corrected chi connectivity index (χ3v) is 5.35. The van der Waals surface area contributed by atoms with Crippen LogP contribution in [0.2, 0.25) is 0 Å². The lowest BCUT2D eigenvalue weighted by atomic mass is 10.1. The smallest absolute Gasteiger partial charge is 0.368 e. The first-order valence-corrected chi connectivity index (χ1v) is 9.66. The topological polar surface area (TPSA) is 41.4 Å². The first-order valence-electron chi connectivity index (χ1n) is 9.66. The van der Waals surface area contributed by atoms with Gasteiger partial charge in [-0.05, 0) is 37.3 Å². The van der Waals surface area contributed by atoms with E-state index in [9.17, 15) is 18.0 Å². The molecule has 0 bridgehead atoms. The molecule has 0 N–H and O–H groups in total. The SMILES string of the molecule is Cc1c(C(=O)N2CCN(c3ccccc3)CC2)cnn1-c1cccc(C(F)(F)F)c1. The third kappa shape index (κ3) is 3.90. The highest BCUT2D eigenvalue weighted by Crippen LogP contribution is 2.30. The molecule has 0 saturated carbocycles. The van der Waals surface area contributed by atoms with Crippen LogP contribution in [0.5, 0.6) is 0 Å². The number of benzene rings is 2. The molecule has 1 fully saturated rings. The lowest BCUT2D eigenvalue weighted by molar-refractivity contribution is -0.137. The van der Waals surface area contributed by atoms with E-state index < -0.39 is 11.7 Å². The van der Waals surface area contributed by atoms with E-state index in [1.807, 2.05) is 30.3 Å². The number of carbonyl (C=O) groups is 1. The van der Waals surface area contributed by atoms with Crippen LogP contribution in [0.1, 0.15) is 21.6 Å². The van der Waals surface area contributed by atoms with Crippen molar-refractivity contribution in [3.05, 3.63) is 77.6 Å². The second kappa shape index (κ2) is 7.85. The quantitative estimate of drug-likeness (QED) is 0.646. The van der Waals surface area contributed by atoms with Crippen molar-refractivity contribution in [2.24, 2.45) is 0 Å². The van der Waals surface area contributed by atoms with Gasteiger partial charge in [-0.15, -0.1) is 0 Å². The van der Waals surface area contributed by atoms with Gasteiger partial charge >= 0.3 is 6.18 Å². The minimum absolute atomic E-state index is 0.154. The number of para-hydroxylation sites is 1. The van der Waals surface area contributed by atoms with Crippen molar-refractivity contribution < 1.29 is 18.0 Å². The standard InChI is InChI=1S/C22H21F3N4O/c1-16-20(15-26-29(16)19-9-5-6-17(14-19)22(23,24)25)21(30)28-12-10-27(11-13-28)18-7-3-2-4-8-18/h2-9,14-15H,10-13H2,1H3. The number of anilines is 1. The molecule has 0 aliphatic carbocycles. The van der Waals surface area contributed by atoms with Gasteiger partial charge in [-0.25, -0.2) is 4.68 Å². The Balaban J connectivity index is 1.50. The predicted octanol–water partition coefficient (Wildman–Crippen LogP) is 4.16. The molecule has 0 radical (unpaired) electrons. The fourth-order valence-electron chi connectivity index (χ4n) is 3.67. The van der Waals surface area contributed by atoms with E-state index in [0.717, 1.165) is 30.9 Å². The van der Waals surface area contributed by atoms with E-state index in [4.69, 9.17) is 0 Å². The summed E-state index contributed by atoms with van der Waals surface area (Å²) in [6, 6.07) is 14.9. The van der Waals surface area contributed by atoms with Crippen LogP contribution in [0.3, 0.4) is 0 Å². The van der Waals surface area contributed by atoms with Gasteiger partial charge in [-0.3, -0.25) is 4.79 Å². The van der Waals surface area contributed by atoms with Crippen molar-refractivity contribution in [3.8, 4) is 5.69 Å². The first-order chi connectivity index (χ1) is 14.3. The second-order valence-electron chi connectivity index (χ2n) is 7.22. The van der Waals surface area contributed by atoms with Crippen molar-refractivity contribution >= 4 is 11.6 Å². The third-order valence-electron chi connectivity index (χ3n) is 5.35. The Labute approximate surface area is 172 Å². The molecule has 1 aromatic heterocycles. The molecule has 1 aliphatic heterocycles. The van der Waals surface area contributed by atoms with Gasteiger partial charge in [0.1, 0.15) is 0 Å². The summed E-state index contributed by atoms with van der Waals surface area (Å²) in [6.45, 7) is 4.28. The van der Waals surface area contributed by atoms with E-state index >= 15 is 0 Å². The van der Waals surface area contributed by atoms with Crippen LogP contribution < -0.4 is 4.90 Å². The maximum Gasteiger partial charge on any atom is 0.416 e. The van der Waals surface area contributed by atoms with Crippen LogP contribution in [-0.2, 0) is 6.18 Å². The van der Waals surface area contributed by atoms with Crippen molar-refractivity contribution in [1.29, 1.82) is 0 Å². The van der Waals surface area contributed by atoms with Gasteiger partial charge in [-0.1, -0.05) is 24.3 Å². The molecular weight excluding hydrogens is 393 g/mol. The van der Waals surface area contributed by atoms with Crippen molar-refractivity contribution in [3.63, 3.8) is 0 Å². The summed E-state index contributed by atoms with van der Waals surface area (Å²) in [5, 5.41) is 4.18. The number of rotatable bonds is 3. The Morgan fingerprint density at radius 1 is 0.933 bits per heavy atom. The lowest BCUT2D eigenvalue weighted by Crippen LogP contribution is -2.48. The Morgan fingerprint density at radius 2 is 1.60 bits per heavy atom. The summed E-state index contributed by atoms with van der Waals surface area (Å²) in [4.78, 5) is 17.0. The maximum atomic E-state index is 13.0. The van der Waals surface area contributed by atoms with Crippen LogP contribution in [0.4, 0.5) is 18.9 Å². The number of nitrogens with zero attached hydrogens (tertiary/aromatic N) is 4. The molecule has 0 unspecified atom stereocenters. The van der Waals surface area contributed by atoms with E-state index in [-0.39, 0.29) is 11.6 Å². The lowest BCUT2D eigenvalue weighted by Gasteiger charge is -2.36. The monoisotopic (exact) mass is 414 g/mol. The molecule has 1 saturated heterocycles. The van der Waals surface area contributed by atoms with Gasteiger partial charge in [0.25, 0.3) is 5.91 Å². The van der Waals surface area contributed by atoms with Gasteiger partial charge in [-0.2, -0.15) is 18.3 Å². The molecule has 30 heavy (non-hydrogen) atoms. The molecule has 5 nitrogen and oxygen atoms in total. The average molecular weight is 414 g/mol. The molecule has 1 amide bonds. The van der Waals surface area contributed by atoms with E-state index in [1.54, 1.807) is 17.9 Å². The Bertz CT molecular complexity index is 1040. The molecule has 1 aliphatic rings. The fraction of sp³-hybridized carbons (Fsp3) is 0.273. The number of carbonyl (C=O) groups excluding carboxylic acids is 1. The molecular formula is C22H21F3N4O. The minimum atomic E-state index is -4.44. The Kier molecular flexibility index (Phi) is 5.24. The molecule has 3 aromatic rings. The van der Waals surface area contributed by atoms with Crippen molar-refractivity contribution in [2.75, 3.05) is 31.1 Å². The largest absolute Gasteiger partial charge is 0.416 e. The average Bonchev–Trinajstić information content (AvgIpc) is 3.15. The number of halogens is 3.